The molecule has 0 aromatic heterocycles. The second-order valence-corrected chi connectivity index (χ2v) is 12.8. The lowest BCUT2D eigenvalue weighted by atomic mass is 9.83. The molecule has 3 nitrogen and oxygen atoms in total. The van der Waals surface area contributed by atoms with Crippen LogP contribution in [0.2, 0.25) is 5.02 Å². The molecule has 1 fully saturated rings. The molecule has 4 heteroatoms. The van der Waals surface area contributed by atoms with Crippen molar-refractivity contribution in [1.82, 2.24) is 0 Å². The average Bonchev–Trinajstić information content (AvgIpc) is 3.31. The number of benzene rings is 4. The molecule has 1 aliphatic heterocycles. The second kappa shape index (κ2) is 14.3. The number of rotatable bonds is 12. The first-order valence-electron chi connectivity index (χ1n) is 16.0. The van der Waals surface area contributed by atoms with Gasteiger partial charge in [-0.15, -0.1) is 6.58 Å². The normalized spacial score (nSPS) is 22.6. The van der Waals surface area contributed by atoms with Crippen LogP contribution in [-0.4, -0.2) is 18.8 Å². The van der Waals surface area contributed by atoms with Crippen LogP contribution in [0, 0.1) is 0 Å². The van der Waals surface area contributed by atoms with Gasteiger partial charge in [0.25, 0.3) is 0 Å². The third kappa shape index (κ3) is 7.19. The summed E-state index contributed by atoms with van der Waals surface area (Å²) in [5.74, 6) is 0.302. The lowest BCUT2D eigenvalue weighted by molar-refractivity contribution is -0.196. The molecular weight excluding hydrogens is 564 g/mol. The quantitative estimate of drug-likeness (QED) is 0.150. The Morgan fingerprint density at radius 1 is 0.864 bits per heavy atom. The number of allylic oxidation sites excluding steroid dienone is 1. The molecule has 1 spiro atoms. The molecular formula is C40H43ClO3. The van der Waals surface area contributed by atoms with Crippen LogP contribution in [0.3, 0.4) is 0 Å². The molecule has 3 unspecified atom stereocenters. The van der Waals surface area contributed by atoms with Crippen molar-refractivity contribution < 1.29 is 14.2 Å². The summed E-state index contributed by atoms with van der Waals surface area (Å²) in [6.45, 7) is 7.94. The zero-order valence-corrected chi connectivity index (χ0v) is 26.5. The van der Waals surface area contributed by atoms with E-state index >= 15 is 0 Å². The Hall–Kier alpha value is -3.21. The predicted octanol–water partition coefficient (Wildman–Crippen LogP) is 9.73. The van der Waals surface area contributed by atoms with Gasteiger partial charge in [0, 0.05) is 17.9 Å². The van der Waals surface area contributed by atoms with Crippen LogP contribution >= 0.6 is 11.6 Å². The molecule has 2 aliphatic rings. The van der Waals surface area contributed by atoms with E-state index in [1.54, 1.807) is 0 Å². The van der Waals surface area contributed by atoms with Crippen molar-refractivity contribution in [3.63, 3.8) is 0 Å². The van der Waals surface area contributed by atoms with E-state index < -0.39 is 5.60 Å². The fraction of sp³-hybridized carbons (Fsp3) is 0.350. The highest BCUT2D eigenvalue weighted by molar-refractivity contribution is 6.31. The van der Waals surface area contributed by atoms with Gasteiger partial charge in [-0.05, 0) is 76.6 Å². The Balaban J connectivity index is 1.29. The summed E-state index contributed by atoms with van der Waals surface area (Å²) in [7, 11) is 0. The first-order valence-corrected chi connectivity index (χ1v) is 16.4. The Labute approximate surface area is 267 Å². The van der Waals surface area contributed by atoms with E-state index in [1.807, 2.05) is 30.3 Å². The van der Waals surface area contributed by atoms with Gasteiger partial charge in [0.1, 0.15) is 0 Å². The highest BCUT2D eigenvalue weighted by Crippen LogP contribution is 2.55. The SMILES string of the molecule is C=CCC1C[C@@]2(CC(OCc3ccccc3)CC(COCc3ccccc3)O2)c2cc(Cc3ccc(CC)cc3)c(Cl)cc21. The number of hydrogen-bond donors (Lipinski definition) is 0. The van der Waals surface area contributed by atoms with E-state index in [0.717, 1.165) is 49.1 Å². The van der Waals surface area contributed by atoms with E-state index in [-0.39, 0.29) is 12.2 Å². The molecule has 1 heterocycles. The fourth-order valence-corrected chi connectivity index (χ4v) is 7.25. The Kier molecular flexibility index (Phi) is 9.98. The molecule has 1 aliphatic carbocycles. The van der Waals surface area contributed by atoms with Crippen molar-refractivity contribution in [2.75, 3.05) is 6.61 Å². The molecule has 0 N–H and O–H groups in total. The highest BCUT2D eigenvalue weighted by atomic mass is 35.5. The van der Waals surface area contributed by atoms with Crippen molar-refractivity contribution in [3.05, 3.63) is 154 Å². The van der Waals surface area contributed by atoms with E-state index in [9.17, 15) is 0 Å². The maximum absolute atomic E-state index is 7.15. The Morgan fingerprint density at radius 2 is 1.55 bits per heavy atom. The van der Waals surface area contributed by atoms with Gasteiger partial charge in [0.05, 0.1) is 37.6 Å². The van der Waals surface area contributed by atoms with Gasteiger partial charge in [-0.2, -0.15) is 0 Å². The first-order chi connectivity index (χ1) is 21.5. The summed E-state index contributed by atoms with van der Waals surface area (Å²) < 4.78 is 20.1. The molecule has 6 rings (SSSR count). The molecule has 4 atom stereocenters. The van der Waals surface area contributed by atoms with Crippen molar-refractivity contribution in [3.8, 4) is 0 Å². The monoisotopic (exact) mass is 606 g/mol. The van der Waals surface area contributed by atoms with E-state index in [2.05, 4.69) is 86.3 Å². The van der Waals surface area contributed by atoms with Crippen LogP contribution in [0.1, 0.15) is 77.5 Å². The zero-order chi connectivity index (χ0) is 30.4. The van der Waals surface area contributed by atoms with Gasteiger partial charge in [0.15, 0.2) is 0 Å². The average molecular weight is 607 g/mol. The molecule has 0 saturated carbocycles. The number of fused-ring (bicyclic) bond motifs is 2. The van der Waals surface area contributed by atoms with Gasteiger partial charge in [0.2, 0.25) is 0 Å². The Bertz CT molecular complexity index is 1520. The van der Waals surface area contributed by atoms with E-state index in [1.165, 1.54) is 33.4 Å². The van der Waals surface area contributed by atoms with Gasteiger partial charge in [-0.3, -0.25) is 0 Å². The molecule has 4 aromatic rings. The molecule has 0 amide bonds. The standard InChI is InChI=1S/C40H43ClO3/c1-3-11-33-24-40(38-21-34(39(41)23-37(33)38)20-30-18-16-29(4-2)17-19-30)25-35(43-27-32-14-9-6-10-15-32)22-36(44-40)28-42-26-31-12-7-5-8-13-31/h3,5-10,12-19,21,23,33,35-36H,1,4,11,20,22,24-28H2,2H3/t33?,35?,36?,40-/m1/s1. The number of aryl methyl sites for hydroxylation is 1. The van der Waals surface area contributed by atoms with Crippen molar-refractivity contribution in [2.24, 2.45) is 0 Å². The van der Waals surface area contributed by atoms with Crippen LogP contribution in [0.4, 0.5) is 0 Å². The molecule has 0 bridgehead atoms. The molecule has 4 aromatic carbocycles. The first kappa shape index (κ1) is 30.8. The van der Waals surface area contributed by atoms with E-state index in [4.69, 9.17) is 25.8 Å². The van der Waals surface area contributed by atoms with Gasteiger partial charge >= 0.3 is 0 Å². The molecule has 1 saturated heterocycles. The van der Waals surface area contributed by atoms with Crippen molar-refractivity contribution >= 4 is 11.6 Å². The van der Waals surface area contributed by atoms with Crippen molar-refractivity contribution in [2.45, 2.75) is 82.4 Å². The third-order valence-electron chi connectivity index (χ3n) is 9.22. The zero-order valence-electron chi connectivity index (χ0n) is 25.7. The molecule has 0 radical (unpaired) electrons. The predicted molar refractivity (Wildman–Crippen MR) is 179 cm³/mol. The smallest absolute Gasteiger partial charge is 0.0969 e. The van der Waals surface area contributed by atoms with Crippen LogP contribution in [0.25, 0.3) is 0 Å². The minimum Gasteiger partial charge on any atom is -0.374 e. The van der Waals surface area contributed by atoms with Crippen LogP contribution in [-0.2, 0) is 45.9 Å². The maximum Gasteiger partial charge on any atom is 0.0969 e. The van der Waals surface area contributed by atoms with Crippen LogP contribution < -0.4 is 0 Å². The maximum atomic E-state index is 7.15. The topological polar surface area (TPSA) is 27.7 Å². The van der Waals surface area contributed by atoms with Gasteiger partial charge in [-0.1, -0.05) is 116 Å². The van der Waals surface area contributed by atoms with Gasteiger partial charge in [-0.25, -0.2) is 0 Å². The Morgan fingerprint density at radius 3 is 2.23 bits per heavy atom. The lowest BCUT2D eigenvalue weighted by Crippen LogP contribution is -2.45. The minimum absolute atomic E-state index is 0.0466. The summed E-state index contributed by atoms with van der Waals surface area (Å²) in [6, 6.07) is 34.2. The largest absolute Gasteiger partial charge is 0.374 e. The minimum atomic E-state index is -0.463. The second-order valence-electron chi connectivity index (χ2n) is 12.4. The number of ether oxygens (including phenoxy) is 3. The highest BCUT2D eigenvalue weighted by Gasteiger charge is 2.50. The fourth-order valence-electron chi connectivity index (χ4n) is 7.01. The van der Waals surface area contributed by atoms with Crippen molar-refractivity contribution in [1.29, 1.82) is 0 Å². The van der Waals surface area contributed by atoms with Crippen LogP contribution in [0.5, 0.6) is 0 Å². The summed E-state index contributed by atoms with van der Waals surface area (Å²) in [5.41, 5.74) is 8.18. The number of hydrogen-bond acceptors (Lipinski definition) is 3. The lowest BCUT2D eigenvalue weighted by Gasteiger charge is -2.43. The summed E-state index contributed by atoms with van der Waals surface area (Å²) >= 11 is 7.00. The summed E-state index contributed by atoms with van der Waals surface area (Å²) in [5, 5.41) is 0.824. The summed E-state index contributed by atoms with van der Waals surface area (Å²) in [4.78, 5) is 0. The third-order valence-corrected chi connectivity index (χ3v) is 9.57. The number of halogens is 1. The van der Waals surface area contributed by atoms with E-state index in [0.29, 0.717) is 25.7 Å². The van der Waals surface area contributed by atoms with Gasteiger partial charge < -0.3 is 14.2 Å². The molecule has 228 valence electrons. The summed E-state index contributed by atoms with van der Waals surface area (Å²) in [6.07, 6.45) is 7.20. The molecule has 44 heavy (non-hydrogen) atoms. The van der Waals surface area contributed by atoms with Crippen LogP contribution in [0.15, 0.2) is 110 Å².